The van der Waals surface area contributed by atoms with Crippen LogP contribution in [0, 0.1) is 5.92 Å². The number of rotatable bonds is 8. The van der Waals surface area contributed by atoms with Crippen molar-refractivity contribution in [1.82, 2.24) is 10.3 Å². The van der Waals surface area contributed by atoms with Gasteiger partial charge in [-0.2, -0.15) is 0 Å². The molecule has 0 spiro atoms. The lowest BCUT2D eigenvalue weighted by Gasteiger charge is -2.38. The Hall–Kier alpha value is -2.25. The van der Waals surface area contributed by atoms with Crippen LogP contribution in [0.5, 0.6) is 0 Å². The quantitative estimate of drug-likeness (QED) is 0.386. The summed E-state index contributed by atoms with van der Waals surface area (Å²) in [6.45, 7) is 2.47. The van der Waals surface area contributed by atoms with Crippen LogP contribution in [0.15, 0.2) is 60.1 Å². The Morgan fingerprint density at radius 1 is 1.15 bits per heavy atom. The van der Waals surface area contributed by atoms with E-state index in [0.29, 0.717) is 23.0 Å². The van der Waals surface area contributed by atoms with E-state index >= 15 is 0 Å². The maximum Gasteiger partial charge on any atom is 0.303 e. The van der Waals surface area contributed by atoms with Crippen molar-refractivity contribution in [2.75, 3.05) is 6.54 Å². The smallest absolute Gasteiger partial charge is 0.303 e. The standard InChI is InChI=1S/C26H26Cl2N2O3S/c1-26(25-29-9-10-34-25,18-5-7-19(27)8-6-18)23(31)14-22-21(17-3-2-4-20(28)13-17)11-16(15-30-22)12-24(32)33/h2-10,13,16,21-22,30H,11-12,14-15H2,1H3,(H,32,33)/t16-,21-,22+,26-/m1/s1. The van der Waals surface area contributed by atoms with Gasteiger partial charge in [0.25, 0.3) is 0 Å². The highest BCUT2D eigenvalue weighted by Gasteiger charge is 2.42. The zero-order valence-electron chi connectivity index (χ0n) is 18.7. The molecule has 1 saturated heterocycles. The summed E-state index contributed by atoms with van der Waals surface area (Å²) in [5.41, 5.74) is 0.933. The summed E-state index contributed by atoms with van der Waals surface area (Å²) < 4.78 is 0. The van der Waals surface area contributed by atoms with Gasteiger partial charge in [0.2, 0.25) is 0 Å². The van der Waals surface area contributed by atoms with Crippen LogP contribution in [-0.4, -0.2) is 34.4 Å². The number of carboxylic acid groups (broad SMARTS) is 1. The second-order valence-electron chi connectivity index (χ2n) is 8.97. The van der Waals surface area contributed by atoms with E-state index in [-0.39, 0.29) is 36.5 Å². The van der Waals surface area contributed by atoms with Gasteiger partial charge < -0.3 is 10.4 Å². The molecule has 4 rings (SSSR count). The summed E-state index contributed by atoms with van der Waals surface area (Å²) in [5.74, 6) is -0.822. The number of hydrogen-bond acceptors (Lipinski definition) is 5. The number of nitrogens with zero attached hydrogens (tertiary/aromatic N) is 1. The topological polar surface area (TPSA) is 79.3 Å². The highest BCUT2D eigenvalue weighted by Crippen LogP contribution is 2.40. The molecule has 2 heterocycles. The fourth-order valence-corrected chi connectivity index (χ4v) is 6.02. The maximum atomic E-state index is 14.0. The average Bonchev–Trinajstić information content (AvgIpc) is 3.35. The zero-order chi connectivity index (χ0) is 24.3. The Kier molecular flexibility index (Phi) is 7.73. The van der Waals surface area contributed by atoms with E-state index in [9.17, 15) is 14.7 Å². The van der Waals surface area contributed by atoms with Crippen molar-refractivity contribution in [3.8, 4) is 0 Å². The van der Waals surface area contributed by atoms with E-state index in [1.807, 2.05) is 48.7 Å². The van der Waals surface area contributed by atoms with Gasteiger partial charge in [-0.05, 0) is 61.2 Å². The monoisotopic (exact) mass is 516 g/mol. The molecule has 3 aromatic rings. The minimum atomic E-state index is -0.919. The van der Waals surface area contributed by atoms with Crippen LogP contribution in [0.3, 0.4) is 0 Å². The van der Waals surface area contributed by atoms with Crippen molar-refractivity contribution >= 4 is 46.3 Å². The Morgan fingerprint density at radius 3 is 2.56 bits per heavy atom. The predicted octanol–water partition coefficient (Wildman–Crippen LogP) is 5.95. The van der Waals surface area contributed by atoms with Crippen LogP contribution >= 0.6 is 34.5 Å². The van der Waals surface area contributed by atoms with E-state index in [0.717, 1.165) is 16.1 Å². The lowest BCUT2D eigenvalue weighted by molar-refractivity contribution is -0.138. The first kappa shape index (κ1) is 24.9. The number of halogens is 2. The molecule has 0 saturated carbocycles. The van der Waals surface area contributed by atoms with Gasteiger partial charge in [0.1, 0.15) is 10.4 Å². The lowest BCUT2D eigenvalue weighted by atomic mass is 9.72. The van der Waals surface area contributed by atoms with Crippen LogP contribution in [-0.2, 0) is 15.0 Å². The van der Waals surface area contributed by atoms with Crippen molar-refractivity contribution in [3.63, 3.8) is 0 Å². The molecule has 0 aliphatic carbocycles. The lowest BCUT2D eigenvalue weighted by Crippen LogP contribution is -2.48. The number of Topliss-reactive ketones (excluding diaryl/α,β-unsaturated/α-hetero) is 1. The Balaban J connectivity index is 1.65. The van der Waals surface area contributed by atoms with E-state index in [4.69, 9.17) is 23.2 Å². The highest BCUT2D eigenvalue weighted by atomic mass is 35.5. The third-order valence-electron chi connectivity index (χ3n) is 6.73. The molecule has 34 heavy (non-hydrogen) atoms. The molecule has 2 aromatic carbocycles. The van der Waals surface area contributed by atoms with Crippen molar-refractivity contribution in [1.29, 1.82) is 0 Å². The molecule has 0 unspecified atom stereocenters. The van der Waals surface area contributed by atoms with Gasteiger partial charge in [-0.25, -0.2) is 4.98 Å². The Morgan fingerprint density at radius 2 is 1.91 bits per heavy atom. The fraction of sp³-hybridized carbons (Fsp3) is 0.346. The molecule has 2 N–H and O–H groups in total. The number of carbonyl (C=O) groups excluding carboxylic acids is 1. The molecule has 1 aliphatic rings. The van der Waals surface area contributed by atoms with Gasteiger partial charge in [-0.15, -0.1) is 11.3 Å². The summed E-state index contributed by atoms with van der Waals surface area (Å²) in [4.78, 5) is 29.8. The minimum Gasteiger partial charge on any atom is -0.481 e. The van der Waals surface area contributed by atoms with Crippen LogP contribution in [0.2, 0.25) is 10.0 Å². The van der Waals surface area contributed by atoms with Crippen molar-refractivity contribution in [3.05, 3.63) is 86.3 Å². The highest BCUT2D eigenvalue weighted by molar-refractivity contribution is 7.09. The third kappa shape index (κ3) is 5.36. The summed E-state index contributed by atoms with van der Waals surface area (Å²) in [7, 11) is 0. The SMILES string of the molecule is C[C@](C(=O)C[C@@H]1NC[C@@H](CC(=O)O)C[C@@H]1c1cccc(Cl)c1)(c1ccc(Cl)cc1)c1nccs1. The maximum absolute atomic E-state index is 14.0. The molecule has 1 fully saturated rings. The average molecular weight is 517 g/mol. The van der Waals surface area contributed by atoms with E-state index in [1.165, 1.54) is 11.3 Å². The number of carboxylic acids is 1. The second-order valence-corrected chi connectivity index (χ2v) is 10.7. The molecule has 0 bridgehead atoms. The normalized spacial score (nSPS) is 22.1. The molecule has 1 aromatic heterocycles. The first-order valence-corrected chi connectivity index (χ1v) is 12.8. The van der Waals surface area contributed by atoms with Gasteiger partial charge in [-0.1, -0.05) is 47.5 Å². The minimum absolute atomic E-state index is 0.0190. The number of thiazole rings is 1. The molecule has 0 amide bonds. The summed E-state index contributed by atoms with van der Waals surface area (Å²) in [6, 6.07) is 14.8. The van der Waals surface area contributed by atoms with E-state index < -0.39 is 11.4 Å². The number of aliphatic carboxylic acids is 1. The number of hydrogen-bond donors (Lipinski definition) is 2. The van der Waals surface area contributed by atoms with Gasteiger partial charge >= 0.3 is 5.97 Å². The number of aromatic nitrogens is 1. The van der Waals surface area contributed by atoms with Gasteiger partial charge in [-0.3, -0.25) is 9.59 Å². The number of nitrogens with one attached hydrogen (secondary N) is 1. The summed E-state index contributed by atoms with van der Waals surface area (Å²) in [6.07, 6.45) is 2.75. The summed E-state index contributed by atoms with van der Waals surface area (Å²) >= 11 is 13.8. The number of benzene rings is 2. The molecule has 1 aliphatic heterocycles. The van der Waals surface area contributed by atoms with Crippen molar-refractivity contribution in [2.45, 2.75) is 43.6 Å². The molecular weight excluding hydrogens is 491 g/mol. The second kappa shape index (κ2) is 10.6. The van der Waals surface area contributed by atoms with Crippen LogP contribution < -0.4 is 5.32 Å². The fourth-order valence-electron chi connectivity index (χ4n) is 4.85. The zero-order valence-corrected chi connectivity index (χ0v) is 21.0. The number of ketones is 1. The summed E-state index contributed by atoms with van der Waals surface area (Å²) in [5, 5.41) is 16.6. The predicted molar refractivity (Wildman–Crippen MR) is 136 cm³/mol. The molecule has 5 nitrogen and oxygen atoms in total. The largest absolute Gasteiger partial charge is 0.481 e. The van der Waals surface area contributed by atoms with Crippen molar-refractivity contribution < 1.29 is 14.7 Å². The molecule has 4 atom stereocenters. The first-order chi connectivity index (χ1) is 16.3. The third-order valence-corrected chi connectivity index (χ3v) is 8.21. The van der Waals surface area contributed by atoms with Gasteiger partial charge in [0.05, 0.1) is 0 Å². The van der Waals surface area contributed by atoms with Crippen LogP contribution in [0.1, 0.15) is 48.2 Å². The number of carbonyl (C=O) groups is 2. The molecule has 8 heteroatoms. The number of piperidine rings is 1. The van der Waals surface area contributed by atoms with Crippen LogP contribution in [0.4, 0.5) is 0 Å². The first-order valence-electron chi connectivity index (χ1n) is 11.2. The molecule has 178 valence electrons. The van der Waals surface area contributed by atoms with Gasteiger partial charge in [0.15, 0.2) is 5.78 Å². The van der Waals surface area contributed by atoms with E-state index in [2.05, 4.69) is 10.3 Å². The van der Waals surface area contributed by atoms with E-state index in [1.54, 1.807) is 18.3 Å². The van der Waals surface area contributed by atoms with Gasteiger partial charge in [0, 0.05) is 46.4 Å². The van der Waals surface area contributed by atoms with Crippen LogP contribution in [0.25, 0.3) is 0 Å². The van der Waals surface area contributed by atoms with Crippen molar-refractivity contribution in [2.24, 2.45) is 5.92 Å². The molecular formula is C26H26Cl2N2O3S. The Labute approximate surface area is 213 Å². The molecule has 0 radical (unpaired) electrons. The Bertz CT molecular complexity index is 1150.